The Labute approximate surface area is 212 Å². The molecule has 6 nitrogen and oxygen atoms in total. The standard InChI is InChI=1S/C27H44BNO5Si/c1-12-31-24(30)23-19(14-13-17-32-35(10,11)25(3,4)5)20-16-15-18(2)21(22(20)29-23)28-33-26(6,7)27(8,9)34-28/h15-16,29H,12-14,17H2,1-11H3. The van der Waals surface area contributed by atoms with E-state index in [0.717, 1.165) is 33.9 Å². The van der Waals surface area contributed by atoms with Crippen molar-refractivity contribution in [2.24, 2.45) is 0 Å². The minimum Gasteiger partial charge on any atom is -0.461 e. The molecule has 1 aliphatic rings. The zero-order valence-corrected chi connectivity index (χ0v) is 24.6. The van der Waals surface area contributed by atoms with Gasteiger partial charge >= 0.3 is 13.1 Å². The molecule has 3 rings (SSSR count). The first-order valence-electron chi connectivity index (χ1n) is 12.8. The van der Waals surface area contributed by atoms with Gasteiger partial charge in [0.25, 0.3) is 0 Å². The Morgan fingerprint density at radius 2 is 1.71 bits per heavy atom. The Morgan fingerprint density at radius 1 is 1.11 bits per heavy atom. The van der Waals surface area contributed by atoms with E-state index in [4.69, 9.17) is 18.5 Å². The number of carbonyl (C=O) groups is 1. The fourth-order valence-corrected chi connectivity index (χ4v) is 5.23. The second-order valence-electron chi connectivity index (χ2n) is 12.2. The highest BCUT2D eigenvalue weighted by Crippen LogP contribution is 2.38. The third kappa shape index (κ3) is 5.41. The molecule has 1 aromatic heterocycles. The molecule has 8 heteroatoms. The van der Waals surface area contributed by atoms with Crippen LogP contribution in [-0.4, -0.2) is 50.8 Å². The van der Waals surface area contributed by atoms with E-state index >= 15 is 0 Å². The van der Waals surface area contributed by atoms with Crippen LogP contribution in [0.5, 0.6) is 0 Å². The van der Waals surface area contributed by atoms with Gasteiger partial charge in [-0.3, -0.25) is 0 Å². The van der Waals surface area contributed by atoms with Gasteiger partial charge in [0.1, 0.15) is 5.69 Å². The second-order valence-corrected chi connectivity index (χ2v) is 17.0. The maximum absolute atomic E-state index is 12.9. The van der Waals surface area contributed by atoms with Crippen molar-refractivity contribution in [3.8, 4) is 0 Å². The lowest BCUT2D eigenvalue weighted by atomic mass is 9.75. The zero-order valence-electron chi connectivity index (χ0n) is 23.6. The van der Waals surface area contributed by atoms with E-state index in [1.807, 2.05) is 6.92 Å². The molecule has 0 unspecified atom stereocenters. The quantitative estimate of drug-likeness (QED) is 0.277. The number of esters is 1. The van der Waals surface area contributed by atoms with E-state index < -0.39 is 26.6 Å². The molecule has 0 spiro atoms. The summed E-state index contributed by atoms with van der Waals surface area (Å²) >= 11 is 0. The van der Waals surface area contributed by atoms with Crippen LogP contribution in [0.4, 0.5) is 0 Å². The fraction of sp³-hybridized carbons (Fsp3) is 0.667. The van der Waals surface area contributed by atoms with Gasteiger partial charge in [0.15, 0.2) is 8.32 Å². The number of hydrogen-bond donors (Lipinski definition) is 1. The molecule has 1 aliphatic heterocycles. The van der Waals surface area contributed by atoms with Crippen molar-refractivity contribution in [2.75, 3.05) is 13.2 Å². The molecule has 1 aromatic carbocycles. The molecular weight excluding hydrogens is 457 g/mol. The summed E-state index contributed by atoms with van der Waals surface area (Å²) < 4.78 is 24.6. The maximum Gasteiger partial charge on any atom is 0.497 e. The summed E-state index contributed by atoms with van der Waals surface area (Å²) in [6.07, 6.45) is 1.54. The number of aromatic nitrogens is 1. The van der Waals surface area contributed by atoms with Crippen molar-refractivity contribution in [1.29, 1.82) is 0 Å². The van der Waals surface area contributed by atoms with E-state index in [1.165, 1.54) is 0 Å². The number of aromatic amines is 1. The van der Waals surface area contributed by atoms with E-state index in [0.29, 0.717) is 25.3 Å². The molecule has 0 radical (unpaired) electrons. The van der Waals surface area contributed by atoms with Gasteiger partial charge < -0.3 is 23.5 Å². The molecule has 2 heterocycles. The van der Waals surface area contributed by atoms with Gasteiger partial charge in [-0.2, -0.15) is 0 Å². The molecule has 35 heavy (non-hydrogen) atoms. The smallest absolute Gasteiger partial charge is 0.461 e. The van der Waals surface area contributed by atoms with Crippen molar-refractivity contribution < 1.29 is 23.3 Å². The summed E-state index contributed by atoms with van der Waals surface area (Å²) in [4.78, 5) is 16.3. The molecule has 1 fully saturated rings. The van der Waals surface area contributed by atoms with Crippen LogP contribution < -0.4 is 5.46 Å². The fourth-order valence-electron chi connectivity index (χ4n) is 4.14. The van der Waals surface area contributed by atoms with Crippen LogP contribution in [-0.2, 0) is 24.9 Å². The van der Waals surface area contributed by atoms with Crippen molar-refractivity contribution in [3.63, 3.8) is 0 Å². The SMILES string of the molecule is CCOC(=O)c1[nH]c2c(B3OC(C)(C)C(C)(C)O3)c(C)ccc2c1CCCO[Si](C)(C)C(C)(C)C. The number of ether oxygens (including phenoxy) is 1. The predicted molar refractivity (Wildman–Crippen MR) is 146 cm³/mol. The lowest BCUT2D eigenvalue weighted by Gasteiger charge is -2.36. The summed E-state index contributed by atoms with van der Waals surface area (Å²) in [5.41, 5.74) is 3.45. The first-order valence-corrected chi connectivity index (χ1v) is 15.7. The predicted octanol–water partition coefficient (Wildman–Crippen LogP) is 5.91. The van der Waals surface area contributed by atoms with Gasteiger partial charge in [0, 0.05) is 23.0 Å². The third-order valence-electron chi connectivity index (χ3n) is 8.15. The Balaban J connectivity index is 1.98. The number of aryl methyl sites for hydroxylation is 2. The van der Waals surface area contributed by atoms with Gasteiger partial charge in [-0.15, -0.1) is 0 Å². The summed E-state index contributed by atoms with van der Waals surface area (Å²) in [5.74, 6) is -0.332. The minimum atomic E-state index is -1.82. The lowest BCUT2D eigenvalue weighted by molar-refractivity contribution is 0.00578. The highest BCUT2D eigenvalue weighted by atomic mass is 28.4. The van der Waals surface area contributed by atoms with Gasteiger partial charge in [-0.1, -0.05) is 32.9 Å². The van der Waals surface area contributed by atoms with Crippen LogP contribution in [0.15, 0.2) is 12.1 Å². The normalized spacial score (nSPS) is 17.9. The van der Waals surface area contributed by atoms with Crippen LogP contribution in [0.3, 0.4) is 0 Å². The van der Waals surface area contributed by atoms with Crippen LogP contribution in [0.1, 0.15) is 83.4 Å². The molecule has 1 N–H and O–H groups in total. The van der Waals surface area contributed by atoms with E-state index in [-0.39, 0.29) is 11.0 Å². The Kier molecular flexibility index (Phi) is 7.74. The number of H-pyrrole nitrogens is 1. The summed E-state index contributed by atoms with van der Waals surface area (Å²) in [7, 11) is -2.34. The molecule has 194 valence electrons. The highest BCUT2D eigenvalue weighted by Gasteiger charge is 2.52. The summed E-state index contributed by atoms with van der Waals surface area (Å²) in [6, 6.07) is 4.17. The molecule has 0 saturated carbocycles. The lowest BCUT2D eigenvalue weighted by Crippen LogP contribution is -2.41. The molecule has 2 aromatic rings. The van der Waals surface area contributed by atoms with Crippen LogP contribution in [0.2, 0.25) is 18.1 Å². The zero-order chi connectivity index (χ0) is 26.4. The molecule has 0 atom stereocenters. The highest BCUT2D eigenvalue weighted by molar-refractivity contribution is 6.74. The van der Waals surface area contributed by atoms with E-state index in [2.05, 4.69) is 85.6 Å². The number of fused-ring (bicyclic) bond motifs is 1. The largest absolute Gasteiger partial charge is 0.497 e. The minimum absolute atomic E-state index is 0.166. The molecular formula is C27H44BNO5Si. The monoisotopic (exact) mass is 501 g/mol. The van der Waals surface area contributed by atoms with Crippen molar-refractivity contribution >= 4 is 37.8 Å². The first kappa shape index (κ1) is 28.0. The van der Waals surface area contributed by atoms with Gasteiger partial charge in [-0.25, -0.2) is 4.79 Å². The van der Waals surface area contributed by atoms with Crippen LogP contribution in [0, 0.1) is 6.92 Å². The van der Waals surface area contributed by atoms with Gasteiger partial charge in [0.2, 0.25) is 0 Å². The average molecular weight is 502 g/mol. The summed E-state index contributed by atoms with van der Waals surface area (Å²) in [6.45, 7) is 24.3. The summed E-state index contributed by atoms with van der Waals surface area (Å²) in [5, 5.41) is 1.18. The maximum atomic E-state index is 12.9. The molecule has 0 aliphatic carbocycles. The number of hydrogen-bond acceptors (Lipinski definition) is 5. The first-order chi connectivity index (χ1) is 16.0. The van der Waals surface area contributed by atoms with E-state index in [9.17, 15) is 4.79 Å². The van der Waals surface area contributed by atoms with Gasteiger partial charge in [0.05, 0.1) is 17.8 Å². The number of rotatable bonds is 8. The molecule has 0 bridgehead atoms. The topological polar surface area (TPSA) is 69.8 Å². The van der Waals surface area contributed by atoms with Crippen LogP contribution >= 0.6 is 0 Å². The number of benzene rings is 1. The van der Waals surface area contributed by atoms with Crippen molar-refractivity contribution in [1.82, 2.24) is 4.98 Å². The Bertz CT molecular complexity index is 1070. The Hall–Kier alpha value is -1.61. The van der Waals surface area contributed by atoms with Crippen molar-refractivity contribution in [2.45, 2.75) is 104 Å². The number of carbonyl (C=O) groups excluding carboxylic acids is 1. The number of nitrogens with one attached hydrogen (secondary N) is 1. The molecule has 1 saturated heterocycles. The van der Waals surface area contributed by atoms with Gasteiger partial charge in [-0.05, 0) is 83.6 Å². The average Bonchev–Trinajstić information content (AvgIpc) is 3.17. The third-order valence-corrected chi connectivity index (χ3v) is 12.7. The van der Waals surface area contributed by atoms with E-state index in [1.54, 1.807) is 0 Å². The Morgan fingerprint density at radius 3 is 2.26 bits per heavy atom. The van der Waals surface area contributed by atoms with Crippen LogP contribution in [0.25, 0.3) is 10.9 Å². The molecule has 0 amide bonds. The van der Waals surface area contributed by atoms with Crippen molar-refractivity contribution in [3.05, 3.63) is 29.0 Å². The second kappa shape index (κ2) is 9.69.